The van der Waals surface area contributed by atoms with Crippen molar-refractivity contribution < 1.29 is 28.4 Å². The highest BCUT2D eigenvalue weighted by molar-refractivity contribution is 6.33. The van der Waals surface area contributed by atoms with E-state index in [0.29, 0.717) is 0 Å². The molecule has 0 aromatic heterocycles. The minimum absolute atomic E-state index is 0.00520. The van der Waals surface area contributed by atoms with Gasteiger partial charge in [0.25, 0.3) is 17.5 Å². The van der Waals surface area contributed by atoms with Crippen molar-refractivity contribution in [1.82, 2.24) is 9.80 Å². The van der Waals surface area contributed by atoms with Gasteiger partial charge < -0.3 is 19.3 Å². The molecule has 9 nitrogen and oxygen atoms in total. The minimum atomic E-state index is -0.647. The number of carbonyl (C=O) groups is 2. The molecule has 1 saturated heterocycles. The summed E-state index contributed by atoms with van der Waals surface area (Å²) in [5, 5.41) is 11.6. The number of nitro groups is 1. The van der Waals surface area contributed by atoms with Crippen molar-refractivity contribution in [3.8, 4) is 11.5 Å². The fourth-order valence-corrected chi connectivity index (χ4v) is 3.66. The molecule has 0 N–H and O–H groups in total. The maximum Gasteiger partial charge on any atom is 0.286 e. The highest BCUT2D eigenvalue weighted by atomic mass is 35.5. The quantitative estimate of drug-likeness (QED) is 0.478. The predicted octanol–water partition coefficient (Wildman–Crippen LogP) is 3.39. The minimum Gasteiger partial charge on any atom is -0.493 e. The average molecular weight is 466 g/mol. The summed E-state index contributed by atoms with van der Waals surface area (Å²) in [5.74, 6) is -1.10. The summed E-state index contributed by atoms with van der Waals surface area (Å²) < 4.78 is 23.8. The fourth-order valence-electron chi connectivity index (χ4n) is 3.42. The molecule has 1 heterocycles. The van der Waals surface area contributed by atoms with Gasteiger partial charge in [-0.15, -0.1) is 0 Å². The lowest BCUT2D eigenvalue weighted by Crippen LogP contribution is -2.50. The zero-order valence-corrected chi connectivity index (χ0v) is 18.2. The normalized spacial score (nSPS) is 13.6. The van der Waals surface area contributed by atoms with E-state index in [1.807, 2.05) is 0 Å². The summed E-state index contributed by atoms with van der Waals surface area (Å²) in [6.45, 7) is 2.71. The molecule has 0 aliphatic carbocycles. The van der Waals surface area contributed by atoms with E-state index in [9.17, 15) is 24.1 Å². The second kappa shape index (κ2) is 9.82. The highest BCUT2D eigenvalue weighted by Gasteiger charge is 2.31. The number of halogens is 2. The molecule has 0 bridgehead atoms. The second-order valence-electron chi connectivity index (χ2n) is 6.92. The van der Waals surface area contributed by atoms with Crippen LogP contribution in [0.1, 0.15) is 27.6 Å². The molecular weight excluding hydrogens is 445 g/mol. The molecular formula is C21H21ClFN3O6. The Kier molecular flexibility index (Phi) is 7.14. The van der Waals surface area contributed by atoms with Gasteiger partial charge in [0, 0.05) is 32.2 Å². The van der Waals surface area contributed by atoms with Crippen LogP contribution in [0.3, 0.4) is 0 Å². The van der Waals surface area contributed by atoms with Crippen molar-refractivity contribution in [2.45, 2.75) is 6.92 Å². The van der Waals surface area contributed by atoms with Crippen LogP contribution in [-0.2, 0) is 0 Å². The summed E-state index contributed by atoms with van der Waals surface area (Å²) in [6.07, 6.45) is 0. The molecule has 170 valence electrons. The lowest BCUT2D eigenvalue weighted by molar-refractivity contribution is -0.385. The summed E-state index contributed by atoms with van der Waals surface area (Å²) >= 11 is 5.98. The molecule has 1 aliphatic rings. The smallest absolute Gasteiger partial charge is 0.286 e. The number of carbonyl (C=O) groups excluding carboxylic acids is 2. The van der Waals surface area contributed by atoms with Crippen molar-refractivity contribution in [3.63, 3.8) is 0 Å². The van der Waals surface area contributed by atoms with Gasteiger partial charge in [0.2, 0.25) is 0 Å². The molecule has 0 unspecified atom stereocenters. The summed E-state index contributed by atoms with van der Waals surface area (Å²) in [4.78, 5) is 39.6. The van der Waals surface area contributed by atoms with Gasteiger partial charge in [0.15, 0.2) is 11.5 Å². The van der Waals surface area contributed by atoms with Gasteiger partial charge >= 0.3 is 0 Å². The highest BCUT2D eigenvalue weighted by Crippen LogP contribution is 2.35. The first-order valence-electron chi connectivity index (χ1n) is 9.79. The number of nitrogens with zero attached hydrogens (tertiary/aromatic N) is 3. The third-order valence-electron chi connectivity index (χ3n) is 5.02. The maximum absolute atomic E-state index is 13.2. The molecule has 1 aliphatic heterocycles. The molecule has 2 amide bonds. The van der Waals surface area contributed by atoms with E-state index in [0.717, 1.165) is 12.1 Å². The second-order valence-corrected chi connectivity index (χ2v) is 7.33. The van der Waals surface area contributed by atoms with E-state index < -0.39 is 22.3 Å². The van der Waals surface area contributed by atoms with Gasteiger partial charge in [-0.05, 0) is 25.1 Å². The van der Waals surface area contributed by atoms with Crippen molar-refractivity contribution >= 4 is 29.1 Å². The number of methoxy groups -OCH3 is 1. The first kappa shape index (κ1) is 23.3. The first-order valence-corrected chi connectivity index (χ1v) is 10.2. The number of ether oxygens (including phenoxy) is 2. The third-order valence-corrected chi connectivity index (χ3v) is 5.34. The zero-order valence-electron chi connectivity index (χ0n) is 17.5. The number of nitro benzene ring substituents is 1. The summed E-state index contributed by atoms with van der Waals surface area (Å²) in [5.41, 5.74) is -0.354. The van der Waals surface area contributed by atoms with Crippen molar-refractivity contribution in [2.75, 3.05) is 39.9 Å². The summed E-state index contributed by atoms with van der Waals surface area (Å²) in [7, 11) is 1.38. The van der Waals surface area contributed by atoms with Gasteiger partial charge in [-0.25, -0.2) is 4.39 Å². The number of benzene rings is 2. The van der Waals surface area contributed by atoms with Crippen LogP contribution in [0.2, 0.25) is 5.02 Å². The Bertz CT molecular complexity index is 1060. The van der Waals surface area contributed by atoms with E-state index in [1.165, 1.54) is 35.1 Å². The van der Waals surface area contributed by atoms with Crippen LogP contribution >= 0.6 is 11.6 Å². The standard InChI is InChI=1S/C21H21ClFN3O6/c1-3-32-19-12-17(26(29)30)15(11-18(19)31-2)21(28)25-8-6-24(7-9-25)20(27)14-5-4-13(23)10-16(14)22/h4-5,10-12H,3,6-9H2,1-2H3. The van der Waals surface area contributed by atoms with Crippen molar-refractivity contribution in [2.24, 2.45) is 0 Å². The summed E-state index contributed by atoms with van der Waals surface area (Å²) in [6, 6.07) is 5.99. The molecule has 1 fully saturated rings. The lowest BCUT2D eigenvalue weighted by atomic mass is 10.1. The zero-order chi connectivity index (χ0) is 23.4. The Balaban J connectivity index is 1.77. The molecule has 3 rings (SSSR count). The molecule has 0 saturated carbocycles. The Morgan fingerprint density at radius 3 is 2.16 bits per heavy atom. The number of hydrogen-bond donors (Lipinski definition) is 0. The van der Waals surface area contributed by atoms with Crippen LogP contribution in [0.15, 0.2) is 30.3 Å². The Hall–Kier alpha value is -3.40. The van der Waals surface area contributed by atoms with E-state index in [2.05, 4.69) is 0 Å². The van der Waals surface area contributed by atoms with Crippen molar-refractivity contribution in [3.05, 3.63) is 62.4 Å². The maximum atomic E-state index is 13.2. The lowest BCUT2D eigenvalue weighted by Gasteiger charge is -2.35. The molecule has 32 heavy (non-hydrogen) atoms. The monoisotopic (exact) mass is 465 g/mol. The molecule has 0 radical (unpaired) electrons. The van der Waals surface area contributed by atoms with Crippen LogP contribution < -0.4 is 9.47 Å². The SMILES string of the molecule is CCOc1cc([N+](=O)[O-])c(C(=O)N2CCN(C(=O)c3ccc(F)cc3Cl)CC2)cc1OC. The molecule has 2 aromatic carbocycles. The van der Waals surface area contributed by atoms with E-state index >= 15 is 0 Å². The van der Waals surface area contributed by atoms with Crippen LogP contribution in [0.5, 0.6) is 11.5 Å². The van der Waals surface area contributed by atoms with E-state index in [4.69, 9.17) is 21.1 Å². The van der Waals surface area contributed by atoms with Gasteiger partial charge in [-0.2, -0.15) is 0 Å². The van der Waals surface area contributed by atoms with Gasteiger partial charge in [0.05, 0.1) is 35.3 Å². The van der Waals surface area contributed by atoms with Gasteiger partial charge in [-0.1, -0.05) is 11.6 Å². The molecule has 11 heteroatoms. The number of hydrogen-bond acceptors (Lipinski definition) is 6. The number of piperazine rings is 1. The number of rotatable bonds is 6. The molecule has 2 aromatic rings. The van der Waals surface area contributed by atoms with E-state index in [-0.39, 0.29) is 66.3 Å². The molecule has 0 spiro atoms. The third kappa shape index (κ3) is 4.75. The first-order chi connectivity index (χ1) is 15.3. The fraction of sp³-hybridized carbons (Fsp3) is 0.333. The predicted molar refractivity (Wildman–Crippen MR) is 114 cm³/mol. The van der Waals surface area contributed by atoms with Crippen LogP contribution in [-0.4, -0.2) is 66.4 Å². The topological polar surface area (TPSA) is 102 Å². The van der Waals surface area contributed by atoms with Crippen LogP contribution in [0.25, 0.3) is 0 Å². The van der Waals surface area contributed by atoms with Gasteiger partial charge in [-0.3, -0.25) is 19.7 Å². The van der Waals surface area contributed by atoms with Crippen molar-refractivity contribution in [1.29, 1.82) is 0 Å². The Labute approximate surface area is 188 Å². The Morgan fingerprint density at radius 1 is 1.06 bits per heavy atom. The Morgan fingerprint density at radius 2 is 1.66 bits per heavy atom. The average Bonchev–Trinajstić information content (AvgIpc) is 2.78. The number of amides is 2. The largest absolute Gasteiger partial charge is 0.493 e. The molecule has 0 atom stereocenters. The van der Waals surface area contributed by atoms with E-state index in [1.54, 1.807) is 6.92 Å². The van der Waals surface area contributed by atoms with Gasteiger partial charge in [0.1, 0.15) is 11.4 Å². The van der Waals surface area contributed by atoms with Crippen LogP contribution in [0.4, 0.5) is 10.1 Å². The van der Waals surface area contributed by atoms with Crippen LogP contribution in [0, 0.1) is 15.9 Å².